The van der Waals surface area contributed by atoms with E-state index in [0.717, 1.165) is 11.4 Å². The number of rotatable bonds is 3. The van der Waals surface area contributed by atoms with Crippen molar-refractivity contribution in [3.63, 3.8) is 0 Å². The summed E-state index contributed by atoms with van der Waals surface area (Å²) in [5.74, 6) is 0. The molecule has 3 nitrogen and oxygen atoms in total. The van der Waals surface area contributed by atoms with Gasteiger partial charge >= 0.3 is 0 Å². The van der Waals surface area contributed by atoms with Gasteiger partial charge in [0.2, 0.25) is 0 Å². The molecule has 0 spiro atoms. The van der Waals surface area contributed by atoms with Gasteiger partial charge in [0.1, 0.15) is 0 Å². The lowest BCUT2D eigenvalue weighted by molar-refractivity contribution is 0.819. The summed E-state index contributed by atoms with van der Waals surface area (Å²) in [4.78, 5) is 11.2. The molecule has 0 atom stereocenters. The summed E-state index contributed by atoms with van der Waals surface area (Å²) >= 11 is 0. The topological polar surface area (TPSA) is 37.8 Å². The third kappa shape index (κ3) is 1.91. The van der Waals surface area contributed by atoms with Crippen LogP contribution < -0.4 is 5.56 Å². The van der Waals surface area contributed by atoms with Crippen LogP contribution in [-0.2, 0) is 6.42 Å². The maximum atomic E-state index is 11.2. The van der Waals surface area contributed by atoms with Crippen molar-refractivity contribution >= 4 is 0 Å². The molecule has 0 saturated heterocycles. The number of para-hydroxylation sites is 1. The van der Waals surface area contributed by atoms with Gasteiger partial charge in [0.25, 0.3) is 5.56 Å². The van der Waals surface area contributed by atoms with Crippen molar-refractivity contribution in [2.75, 3.05) is 0 Å². The third-order valence-electron chi connectivity index (χ3n) is 2.17. The summed E-state index contributed by atoms with van der Waals surface area (Å²) in [7, 11) is 0. The van der Waals surface area contributed by atoms with Gasteiger partial charge in [-0.15, -0.1) is 6.58 Å². The molecule has 0 fully saturated rings. The van der Waals surface area contributed by atoms with E-state index >= 15 is 0 Å². The van der Waals surface area contributed by atoms with Crippen LogP contribution in [0, 0.1) is 0 Å². The normalized spacial score (nSPS) is 10.1. The Morgan fingerprint density at radius 3 is 2.73 bits per heavy atom. The lowest BCUT2D eigenvalue weighted by atomic mass is 10.3. The van der Waals surface area contributed by atoms with Crippen LogP contribution in [0.15, 0.2) is 53.8 Å². The summed E-state index contributed by atoms with van der Waals surface area (Å²) < 4.78 is 1.78. The Balaban J connectivity index is 2.52. The fourth-order valence-corrected chi connectivity index (χ4v) is 1.54. The summed E-state index contributed by atoms with van der Waals surface area (Å²) in [6.45, 7) is 3.67. The number of nitrogens with one attached hydrogen (secondary N) is 1. The Kier molecular flexibility index (Phi) is 2.54. The molecule has 0 saturated carbocycles. The zero-order valence-corrected chi connectivity index (χ0v) is 8.31. The molecule has 0 aliphatic heterocycles. The van der Waals surface area contributed by atoms with Crippen molar-refractivity contribution in [3.05, 3.63) is 65.1 Å². The van der Waals surface area contributed by atoms with Gasteiger partial charge in [0, 0.05) is 18.2 Å². The maximum Gasteiger partial charge on any atom is 0.264 e. The Morgan fingerprint density at radius 1 is 1.33 bits per heavy atom. The molecule has 1 N–H and O–H groups in total. The van der Waals surface area contributed by atoms with Crippen molar-refractivity contribution in [2.24, 2.45) is 0 Å². The molecule has 0 aliphatic rings. The lowest BCUT2D eigenvalue weighted by Crippen LogP contribution is -2.04. The number of benzene rings is 1. The van der Waals surface area contributed by atoms with E-state index in [0.29, 0.717) is 6.42 Å². The number of hydrogen-bond acceptors (Lipinski definition) is 1. The van der Waals surface area contributed by atoms with Crippen molar-refractivity contribution < 1.29 is 0 Å². The standard InChI is InChI=1S/C12H12N2O/c1-2-6-11-9-12(15)13-14(11)10-7-4-3-5-8-10/h2-5,7-9H,1,6H2,(H,13,15). The summed E-state index contributed by atoms with van der Waals surface area (Å²) in [5, 5.41) is 2.76. The van der Waals surface area contributed by atoms with E-state index in [-0.39, 0.29) is 5.56 Å². The van der Waals surface area contributed by atoms with Gasteiger partial charge in [-0.2, -0.15) is 0 Å². The van der Waals surface area contributed by atoms with Crippen LogP contribution in [0.1, 0.15) is 5.69 Å². The van der Waals surface area contributed by atoms with Crippen LogP contribution >= 0.6 is 0 Å². The zero-order chi connectivity index (χ0) is 10.7. The maximum absolute atomic E-state index is 11.2. The quantitative estimate of drug-likeness (QED) is 0.755. The molecule has 1 heterocycles. The van der Waals surface area contributed by atoms with Crippen LogP contribution in [0.25, 0.3) is 5.69 Å². The van der Waals surface area contributed by atoms with Crippen molar-refractivity contribution in [2.45, 2.75) is 6.42 Å². The molecule has 3 heteroatoms. The van der Waals surface area contributed by atoms with Crippen LogP contribution in [-0.4, -0.2) is 9.78 Å². The smallest absolute Gasteiger partial charge is 0.264 e. The first-order valence-electron chi connectivity index (χ1n) is 4.78. The van der Waals surface area contributed by atoms with Gasteiger partial charge in [0.05, 0.1) is 5.69 Å². The minimum Gasteiger partial charge on any atom is -0.268 e. The Hall–Kier alpha value is -2.03. The molecule has 0 unspecified atom stereocenters. The second-order valence-electron chi connectivity index (χ2n) is 3.28. The highest BCUT2D eigenvalue weighted by Gasteiger charge is 2.03. The highest BCUT2D eigenvalue weighted by atomic mass is 16.1. The first-order chi connectivity index (χ1) is 7.31. The molecule has 2 aromatic rings. The zero-order valence-electron chi connectivity index (χ0n) is 8.31. The molecule has 0 aliphatic carbocycles. The molecule has 0 radical (unpaired) electrons. The molecular weight excluding hydrogens is 188 g/mol. The van der Waals surface area contributed by atoms with Crippen molar-refractivity contribution in [1.29, 1.82) is 0 Å². The number of hydrogen-bond donors (Lipinski definition) is 1. The lowest BCUT2D eigenvalue weighted by Gasteiger charge is -2.05. The van der Waals surface area contributed by atoms with E-state index in [1.54, 1.807) is 16.8 Å². The monoisotopic (exact) mass is 200 g/mol. The van der Waals surface area contributed by atoms with Crippen LogP contribution in [0.4, 0.5) is 0 Å². The number of aromatic nitrogens is 2. The Morgan fingerprint density at radius 2 is 2.07 bits per heavy atom. The van der Waals surface area contributed by atoms with Gasteiger partial charge in [0.15, 0.2) is 0 Å². The predicted octanol–water partition coefficient (Wildman–Crippen LogP) is 1.89. The third-order valence-corrected chi connectivity index (χ3v) is 2.17. The van der Waals surface area contributed by atoms with E-state index in [9.17, 15) is 4.79 Å². The second-order valence-corrected chi connectivity index (χ2v) is 3.28. The van der Waals surface area contributed by atoms with Gasteiger partial charge in [-0.05, 0) is 12.1 Å². The molecule has 76 valence electrons. The molecule has 1 aromatic carbocycles. The van der Waals surface area contributed by atoms with E-state index in [1.165, 1.54) is 0 Å². The average Bonchev–Trinajstić information content (AvgIpc) is 2.62. The van der Waals surface area contributed by atoms with E-state index in [1.807, 2.05) is 30.3 Å². The van der Waals surface area contributed by atoms with E-state index in [4.69, 9.17) is 0 Å². The second kappa shape index (κ2) is 4.00. The highest BCUT2D eigenvalue weighted by Crippen LogP contribution is 2.08. The number of nitrogens with zero attached hydrogens (tertiary/aromatic N) is 1. The van der Waals surface area contributed by atoms with Crippen molar-refractivity contribution in [3.8, 4) is 5.69 Å². The highest BCUT2D eigenvalue weighted by molar-refractivity contribution is 5.32. The molecule has 0 bridgehead atoms. The minimum absolute atomic E-state index is 0.0873. The fraction of sp³-hybridized carbons (Fsp3) is 0.0833. The first-order valence-corrected chi connectivity index (χ1v) is 4.78. The SMILES string of the molecule is C=CCc1cc(=O)[nH]n1-c1ccccc1. The molecular formula is C12H12N2O. The number of aromatic amines is 1. The van der Waals surface area contributed by atoms with Gasteiger partial charge in [-0.3, -0.25) is 14.6 Å². The van der Waals surface area contributed by atoms with Crippen LogP contribution in [0.2, 0.25) is 0 Å². The van der Waals surface area contributed by atoms with E-state index in [2.05, 4.69) is 11.7 Å². The Bertz CT molecular complexity index is 508. The first kappa shape index (κ1) is 9.52. The van der Waals surface area contributed by atoms with Crippen LogP contribution in [0.5, 0.6) is 0 Å². The Labute approximate surface area is 87.7 Å². The molecule has 2 rings (SSSR count). The molecule has 1 aromatic heterocycles. The van der Waals surface area contributed by atoms with Crippen molar-refractivity contribution in [1.82, 2.24) is 9.78 Å². The van der Waals surface area contributed by atoms with Gasteiger partial charge in [-0.25, -0.2) is 0 Å². The van der Waals surface area contributed by atoms with Crippen LogP contribution in [0.3, 0.4) is 0 Å². The number of H-pyrrole nitrogens is 1. The van der Waals surface area contributed by atoms with Gasteiger partial charge in [-0.1, -0.05) is 24.3 Å². The predicted molar refractivity (Wildman–Crippen MR) is 60.3 cm³/mol. The summed E-state index contributed by atoms with van der Waals surface area (Å²) in [6, 6.07) is 11.3. The average molecular weight is 200 g/mol. The number of allylic oxidation sites excluding steroid dienone is 1. The fourth-order valence-electron chi connectivity index (χ4n) is 1.54. The van der Waals surface area contributed by atoms with E-state index < -0.39 is 0 Å². The van der Waals surface area contributed by atoms with Gasteiger partial charge < -0.3 is 0 Å². The minimum atomic E-state index is -0.0873. The molecule has 15 heavy (non-hydrogen) atoms. The summed E-state index contributed by atoms with van der Waals surface area (Å²) in [5.41, 5.74) is 1.79. The summed E-state index contributed by atoms with van der Waals surface area (Å²) in [6.07, 6.45) is 2.45. The largest absolute Gasteiger partial charge is 0.268 e. The molecule has 0 amide bonds.